The number of hydrogen-bond donors (Lipinski definition) is 0. The maximum Gasteiger partial charge on any atom is 0.119 e. The SMILES string of the molecule is COc1cc(C)cc(-c2cc(Cl)c(Cl)cc2Cl)c1. The third-order valence-corrected chi connectivity index (χ3v) is 3.64. The molecule has 0 atom stereocenters. The van der Waals surface area contributed by atoms with Crippen LogP contribution in [0.5, 0.6) is 5.75 Å². The zero-order chi connectivity index (χ0) is 13.3. The van der Waals surface area contributed by atoms with Gasteiger partial charge in [0.05, 0.1) is 17.2 Å². The fourth-order valence-corrected chi connectivity index (χ4v) is 2.42. The van der Waals surface area contributed by atoms with Gasteiger partial charge in [0, 0.05) is 10.6 Å². The summed E-state index contributed by atoms with van der Waals surface area (Å²) in [5.41, 5.74) is 2.88. The topological polar surface area (TPSA) is 9.23 Å². The molecule has 0 aliphatic rings. The molecular formula is C14H11Cl3O. The van der Waals surface area contributed by atoms with Gasteiger partial charge in [0.1, 0.15) is 5.75 Å². The lowest BCUT2D eigenvalue weighted by Crippen LogP contribution is -1.87. The Labute approximate surface area is 121 Å². The summed E-state index contributed by atoms with van der Waals surface area (Å²) < 4.78 is 5.25. The van der Waals surface area contributed by atoms with Crippen molar-refractivity contribution in [3.8, 4) is 16.9 Å². The van der Waals surface area contributed by atoms with Crippen molar-refractivity contribution in [2.45, 2.75) is 6.92 Å². The minimum atomic E-state index is 0.449. The number of benzene rings is 2. The van der Waals surface area contributed by atoms with Crippen LogP contribution < -0.4 is 4.74 Å². The summed E-state index contributed by atoms with van der Waals surface area (Å²) >= 11 is 18.1. The van der Waals surface area contributed by atoms with Crippen LogP contribution in [0.2, 0.25) is 15.1 Å². The number of rotatable bonds is 2. The number of halogens is 3. The zero-order valence-corrected chi connectivity index (χ0v) is 12.2. The Morgan fingerprint density at radius 1 is 0.833 bits per heavy atom. The van der Waals surface area contributed by atoms with Crippen LogP contribution in [0, 0.1) is 6.92 Å². The van der Waals surface area contributed by atoms with Gasteiger partial charge in [0.25, 0.3) is 0 Å². The molecule has 0 aliphatic carbocycles. The van der Waals surface area contributed by atoms with Crippen LogP contribution in [0.1, 0.15) is 5.56 Å². The Kier molecular flexibility index (Phi) is 4.06. The lowest BCUT2D eigenvalue weighted by molar-refractivity contribution is 0.414. The molecule has 0 amide bonds. The highest BCUT2D eigenvalue weighted by atomic mass is 35.5. The highest BCUT2D eigenvalue weighted by Gasteiger charge is 2.09. The monoisotopic (exact) mass is 300 g/mol. The molecule has 0 radical (unpaired) electrons. The van der Waals surface area contributed by atoms with Crippen molar-refractivity contribution in [2.75, 3.05) is 7.11 Å². The van der Waals surface area contributed by atoms with Crippen LogP contribution in [-0.4, -0.2) is 7.11 Å². The van der Waals surface area contributed by atoms with E-state index in [0.717, 1.165) is 22.4 Å². The molecule has 0 bridgehead atoms. The van der Waals surface area contributed by atoms with E-state index in [9.17, 15) is 0 Å². The van der Waals surface area contributed by atoms with E-state index < -0.39 is 0 Å². The van der Waals surface area contributed by atoms with Crippen molar-refractivity contribution < 1.29 is 4.74 Å². The van der Waals surface area contributed by atoms with Gasteiger partial charge in [-0.1, -0.05) is 40.9 Å². The molecule has 94 valence electrons. The molecule has 0 unspecified atom stereocenters. The summed E-state index contributed by atoms with van der Waals surface area (Å²) in [6, 6.07) is 9.30. The van der Waals surface area contributed by atoms with Gasteiger partial charge in [-0.3, -0.25) is 0 Å². The van der Waals surface area contributed by atoms with Gasteiger partial charge in [0.2, 0.25) is 0 Å². The fraction of sp³-hybridized carbons (Fsp3) is 0.143. The molecule has 0 N–H and O–H groups in total. The van der Waals surface area contributed by atoms with Gasteiger partial charge in [-0.25, -0.2) is 0 Å². The predicted octanol–water partition coefficient (Wildman–Crippen LogP) is 5.63. The first kappa shape index (κ1) is 13.5. The summed E-state index contributed by atoms with van der Waals surface area (Å²) in [4.78, 5) is 0. The quantitative estimate of drug-likeness (QED) is 0.653. The third-order valence-electron chi connectivity index (χ3n) is 2.61. The highest BCUT2D eigenvalue weighted by Crippen LogP contribution is 2.36. The van der Waals surface area contributed by atoms with Gasteiger partial charge in [-0.15, -0.1) is 0 Å². The van der Waals surface area contributed by atoms with E-state index in [0.29, 0.717) is 15.1 Å². The normalized spacial score (nSPS) is 10.5. The number of hydrogen-bond acceptors (Lipinski definition) is 1. The maximum atomic E-state index is 6.20. The molecule has 0 aromatic heterocycles. The molecular weight excluding hydrogens is 291 g/mol. The Bertz CT molecular complexity index is 594. The summed E-state index contributed by atoms with van der Waals surface area (Å²) in [7, 11) is 1.63. The van der Waals surface area contributed by atoms with E-state index in [1.54, 1.807) is 19.2 Å². The average Bonchev–Trinajstić information content (AvgIpc) is 2.33. The molecule has 0 spiro atoms. The van der Waals surface area contributed by atoms with E-state index in [1.165, 1.54) is 0 Å². The van der Waals surface area contributed by atoms with Gasteiger partial charge in [0.15, 0.2) is 0 Å². The summed E-state index contributed by atoms with van der Waals surface area (Å²) in [5.74, 6) is 0.784. The molecule has 4 heteroatoms. The molecule has 2 aromatic rings. The third kappa shape index (κ3) is 2.74. The maximum absolute atomic E-state index is 6.20. The van der Waals surface area contributed by atoms with Gasteiger partial charge < -0.3 is 4.74 Å². The Balaban J connectivity index is 2.61. The van der Waals surface area contributed by atoms with E-state index >= 15 is 0 Å². The van der Waals surface area contributed by atoms with E-state index in [2.05, 4.69) is 0 Å². The van der Waals surface area contributed by atoms with Gasteiger partial charge >= 0.3 is 0 Å². The van der Waals surface area contributed by atoms with Crippen LogP contribution in [0.25, 0.3) is 11.1 Å². The van der Waals surface area contributed by atoms with Crippen molar-refractivity contribution in [1.82, 2.24) is 0 Å². The molecule has 0 aliphatic heterocycles. The first-order chi connectivity index (χ1) is 8.51. The molecule has 0 fully saturated rings. The van der Waals surface area contributed by atoms with Gasteiger partial charge in [-0.05, 0) is 42.3 Å². The Morgan fingerprint density at radius 2 is 1.50 bits per heavy atom. The van der Waals surface area contributed by atoms with Crippen molar-refractivity contribution in [3.05, 3.63) is 51.0 Å². The summed E-state index contributed by atoms with van der Waals surface area (Å²) in [5, 5.41) is 1.50. The first-order valence-corrected chi connectivity index (χ1v) is 6.45. The highest BCUT2D eigenvalue weighted by molar-refractivity contribution is 6.44. The van der Waals surface area contributed by atoms with E-state index in [1.807, 2.05) is 25.1 Å². The second-order valence-corrected chi connectivity index (χ2v) is 5.21. The molecule has 0 saturated heterocycles. The molecule has 2 rings (SSSR count). The van der Waals surface area contributed by atoms with Crippen molar-refractivity contribution >= 4 is 34.8 Å². The lowest BCUT2D eigenvalue weighted by atomic mass is 10.0. The second kappa shape index (κ2) is 5.40. The van der Waals surface area contributed by atoms with E-state index in [-0.39, 0.29) is 0 Å². The van der Waals surface area contributed by atoms with Crippen molar-refractivity contribution in [2.24, 2.45) is 0 Å². The van der Waals surface area contributed by atoms with Crippen LogP contribution in [-0.2, 0) is 0 Å². The van der Waals surface area contributed by atoms with Crippen LogP contribution >= 0.6 is 34.8 Å². The van der Waals surface area contributed by atoms with Crippen LogP contribution in [0.4, 0.5) is 0 Å². The van der Waals surface area contributed by atoms with Crippen LogP contribution in [0.3, 0.4) is 0 Å². The zero-order valence-electron chi connectivity index (χ0n) is 9.93. The molecule has 1 nitrogen and oxygen atoms in total. The fourth-order valence-electron chi connectivity index (χ4n) is 1.77. The molecule has 2 aromatic carbocycles. The number of ether oxygens (including phenoxy) is 1. The minimum absolute atomic E-state index is 0.449. The van der Waals surface area contributed by atoms with E-state index in [4.69, 9.17) is 39.5 Å². The predicted molar refractivity (Wildman–Crippen MR) is 78.2 cm³/mol. The molecule has 0 saturated carbocycles. The molecule has 0 heterocycles. The average molecular weight is 302 g/mol. The summed E-state index contributed by atoms with van der Waals surface area (Å²) in [6.45, 7) is 2.00. The smallest absolute Gasteiger partial charge is 0.119 e. The minimum Gasteiger partial charge on any atom is -0.497 e. The number of methoxy groups -OCH3 is 1. The Morgan fingerprint density at radius 3 is 2.17 bits per heavy atom. The van der Waals surface area contributed by atoms with Gasteiger partial charge in [-0.2, -0.15) is 0 Å². The van der Waals surface area contributed by atoms with Crippen LogP contribution in [0.15, 0.2) is 30.3 Å². The Hall–Kier alpha value is -0.890. The summed E-state index contributed by atoms with van der Waals surface area (Å²) in [6.07, 6.45) is 0. The second-order valence-electron chi connectivity index (χ2n) is 3.99. The first-order valence-electron chi connectivity index (χ1n) is 5.32. The standard InChI is InChI=1S/C14H11Cl3O/c1-8-3-9(5-10(4-8)18-2)11-6-13(16)14(17)7-12(11)15/h3-7H,1-2H3. The van der Waals surface area contributed by atoms with Crippen molar-refractivity contribution in [1.29, 1.82) is 0 Å². The number of aryl methyl sites for hydroxylation is 1. The largest absolute Gasteiger partial charge is 0.497 e. The van der Waals surface area contributed by atoms with Crippen molar-refractivity contribution in [3.63, 3.8) is 0 Å². The lowest BCUT2D eigenvalue weighted by Gasteiger charge is -2.10. The molecule has 18 heavy (non-hydrogen) atoms.